The molecular weight excluding hydrogens is 473 g/mol. The standard InChI is InChI=1S/C25H21F3N6O2/c1-15-9-10-17(33-21(35)12-16-6-3-4-8-19(16)25(26,27)28)13-20(15)36-23-18(7-5-11-30-23)22-31-14-32-24(29-2)34-22/h3-11,13-14H,12H2,1-2H3,(H,33,35)(H,29,31,32,34). The fraction of sp³-hybridized carbons (Fsp3) is 0.160. The van der Waals surface area contributed by atoms with Crippen LogP contribution in [-0.2, 0) is 17.4 Å². The monoisotopic (exact) mass is 494 g/mol. The molecule has 4 aromatic rings. The molecule has 8 nitrogen and oxygen atoms in total. The number of hydrogen-bond acceptors (Lipinski definition) is 7. The molecule has 0 saturated carbocycles. The molecule has 2 aromatic heterocycles. The summed E-state index contributed by atoms with van der Waals surface area (Å²) in [5, 5.41) is 5.48. The maximum absolute atomic E-state index is 13.3. The molecule has 11 heteroatoms. The van der Waals surface area contributed by atoms with E-state index < -0.39 is 24.1 Å². The first kappa shape index (κ1) is 24.6. The van der Waals surface area contributed by atoms with Crippen molar-refractivity contribution >= 4 is 17.5 Å². The zero-order valence-corrected chi connectivity index (χ0v) is 19.3. The van der Waals surface area contributed by atoms with Crippen molar-refractivity contribution in [1.29, 1.82) is 0 Å². The minimum atomic E-state index is -4.55. The van der Waals surface area contributed by atoms with Crippen LogP contribution < -0.4 is 15.4 Å². The Labute approximate surface area is 204 Å². The SMILES string of the molecule is CNc1ncnc(-c2cccnc2Oc2cc(NC(=O)Cc3ccccc3C(F)(F)F)ccc2C)n1. The zero-order valence-electron chi connectivity index (χ0n) is 19.3. The van der Waals surface area contributed by atoms with Gasteiger partial charge < -0.3 is 15.4 Å². The Morgan fingerprint density at radius 3 is 2.61 bits per heavy atom. The molecule has 2 aromatic carbocycles. The van der Waals surface area contributed by atoms with E-state index in [1.54, 1.807) is 43.6 Å². The average molecular weight is 494 g/mol. The number of anilines is 2. The molecule has 0 radical (unpaired) electrons. The number of amides is 1. The van der Waals surface area contributed by atoms with Gasteiger partial charge >= 0.3 is 6.18 Å². The van der Waals surface area contributed by atoms with E-state index in [0.29, 0.717) is 28.8 Å². The van der Waals surface area contributed by atoms with E-state index in [2.05, 4.69) is 30.6 Å². The molecular formula is C25H21F3N6O2. The van der Waals surface area contributed by atoms with Crippen LogP contribution in [0.25, 0.3) is 11.4 Å². The first-order chi connectivity index (χ1) is 17.2. The molecule has 0 saturated heterocycles. The smallest absolute Gasteiger partial charge is 0.416 e. The lowest BCUT2D eigenvalue weighted by Crippen LogP contribution is -2.18. The van der Waals surface area contributed by atoms with Gasteiger partial charge in [0.05, 0.1) is 17.5 Å². The lowest BCUT2D eigenvalue weighted by atomic mass is 10.0. The van der Waals surface area contributed by atoms with E-state index in [9.17, 15) is 18.0 Å². The Balaban J connectivity index is 1.55. The third-order valence-corrected chi connectivity index (χ3v) is 5.16. The summed E-state index contributed by atoms with van der Waals surface area (Å²) in [6, 6.07) is 13.4. The fourth-order valence-corrected chi connectivity index (χ4v) is 3.41. The normalized spacial score (nSPS) is 11.1. The number of aryl methyl sites for hydroxylation is 1. The second-order valence-corrected chi connectivity index (χ2v) is 7.70. The molecule has 2 N–H and O–H groups in total. The van der Waals surface area contributed by atoms with E-state index in [1.807, 2.05) is 6.92 Å². The maximum atomic E-state index is 13.3. The number of ether oxygens (including phenoxy) is 1. The minimum absolute atomic E-state index is 0.109. The number of aromatic nitrogens is 4. The summed E-state index contributed by atoms with van der Waals surface area (Å²) in [5.74, 6) is 0.762. The van der Waals surface area contributed by atoms with Gasteiger partial charge in [0.15, 0.2) is 5.82 Å². The van der Waals surface area contributed by atoms with Gasteiger partial charge in [0, 0.05) is 25.0 Å². The number of halogens is 3. The lowest BCUT2D eigenvalue weighted by molar-refractivity contribution is -0.138. The molecule has 4 rings (SSSR count). The quantitative estimate of drug-likeness (QED) is 0.361. The molecule has 184 valence electrons. The Morgan fingerprint density at radius 1 is 1.03 bits per heavy atom. The number of carbonyl (C=O) groups is 1. The number of pyridine rings is 1. The molecule has 0 aliphatic heterocycles. The number of nitrogens with zero attached hydrogens (tertiary/aromatic N) is 4. The molecule has 0 aliphatic rings. The predicted octanol–water partition coefficient (Wildman–Crippen LogP) is 5.28. The summed E-state index contributed by atoms with van der Waals surface area (Å²) in [4.78, 5) is 29.3. The van der Waals surface area contributed by atoms with Gasteiger partial charge in [-0.25, -0.2) is 15.0 Å². The fourth-order valence-electron chi connectivity index (χ4n) is 3.41. The highest BCUT2D eigenvalue weighted by Gasteiger charge is 2.33. The first-order valence-electron chi connectivity index (χ1n) is 10.8. The number of hydrogen-bond donors (Lipinski definition) is 2. The molecule has 36 heavy (non-hydrogen) atoms. The molecule has 0 spiro atoms. The number of alkyl halides is 3. The van der Waals surface area contributed by atoms with Crippen LogP contribution >= 0.6 is 0 Å². The number of benzene rings is 2. The largest absolute Gasteiger partial charge is 0.438 e. The van der Waals surface area contributed by atoms with Gasteiger partial charge in [-0.15, -0.1) is 0 Å². The Bertz CT molecular complexity index is 1390. The van der Waals surface area contributed by atoms with E-state index >= 15 is 0 Å². The highest BCUT2D eigenvalue weighted by atomic mass is 19.4. The van der Waals surface area contributed by atoms with E-state index in [0.717, 1.165) is 11.6 Å². The van der Waals surface area contributed by atoms with Gasteiger partial charge in [0.25, 0.3) is 0 Å². The van der Waals surface area contributed by atoms with E-state index in [1.165, 1.54) is 24.5 Å². The Kier molecular flexibility index (Phi) is 7.09. The summed E-state index contributed by atoms with van der Waals surface area (Å²) in [7, 11) is 1.69. The van der Waals surface area contributed by atoms with E-state index in [4.69, 9.17) is 4.74 Å². The van der Waals surface area contributed by atoms with Crippen LogP contribution in [0.2, 0.25) is 0 Å². The first-order valence-corrected chi connectivity index (χ1v) is 10.8. The summed E-state index contributed by atoms with van der Waals surface area (Å²) in [6.07, 6.45) is -2.06. The van der Waals surface area contributed by atoms with Crippen LogP contribution in [0, 0.1) is 6.92 Å². The van der Waals surface area contributed by atoms with Gasteiger partial charge in [-0.05, 0) is 42.3 Å². The molecule has 0 fully saturated rings. The van der Waals surface area contributed by atoms with Gasteiger partial charge in [0.2, 0.25) is 17.7 Å². The summed E-state index contributed by atoms with van der Waals surface area (Å²) < 4.78 is 45.8. The van der Waals surface area contributed by atoms with Crippen LogP contribution in [0.15, 0.2) is 67.1 Å². The third kappa shape index (κ3) is 5.74. The van der Waals surface area contributed by atoms with Crippen LogP contribution in [0.1, 0.15) is 16.7 Å². The predicted molar refractivity (Wildman–Crippen MR) is 128 cm³/mol. The van der Waals surface area contributed by atoms with Gasteiger partial charge in [-0.2, -0.15) is 18.2 Å². The molecule has 0 aliphatic carbocycles. The molecule has 0 bridgehead atoms. The maximum Gasteiger partial charge on any atom is 0.416 e. The van der Waals surface area contributed by atoms with Crippen molar-refractivity contribution in [2.45, 2.75) is 19.5 Å². The topological polar surface area (TPSA) is 102 Å². The van der Waals surface area contributed by atoms with Gasteiger partial charge in [0.1, 0.15) is 12.1 Å². The summed E-state index contributed by atoms with van der Waals surface area (Å²) in [5.41, 5.74) is 0.686. The highest BCUT2D eigenvalue weighted by Crippen LogP contribution is 2.34. The molecule has 2 heterocycles. The van der Waals surface area contributed by atoms with Crippen LogP contribution in [-0.4, -0.2) is 32.9 Å². The number of carbonyl (C=O) groups excluding carboxylic acids is 1. The van der Waals surface area contributed by atoms with E-state index in [-0.39, 0.29) is 11.4 Å². The van der Waals surface area contributed by atoms with Crippen molar-refractivity contribution in [2.75, 3.05) is 17.7 Å². The van der Waals surface area contributed by atoms with Crippen LogP contribution in [0.4, 0.5) is 24.8 Å². The summed E-state index contributed by atoms with van der Waals surface area (Å²) >= 11 is 0. The second kappa shape index (κ2) is 10.4. The Morgan fingerprint density at radius 2 is 1.83 bits per heavy atom. The zero-order chi connectivity index (χ0) is 25.7. The van der Waals surface area contributed by atoms with Crippen molar-refractivity contribution < 1.29 is 22.7 Å². The lowest BCUT2D eigenvalue weighted by Gasteiger charge is -2.14. The number of rotatable bonds is 7. The van der Waals surface area contributed by atoms with Crippen molar-refractivity contribution in [1.82, 2.24) is 19.9 Å². The van der Waals surface area contributed by atoms with Crippen LogP contribution in [0.5, 0.6) is 11.6 Å². The average Bonchev–Trinajstić information content (AvgIpc) is 2.86. The second-order valence-electron chi connectivity index (χ2n) is 7.70. The molecule has 0 atom stereocenters. The third-order valence-electron chi connectivity index (χ3n) is 5.16. The molecule has 0 unspecified atom stereocenters. The number of nitrogens with one attached hydrogen (secondary N) is 2. The summed E-state index contributed by atoms with van der Waals surface area (Å²) in [6.45, 7) is 1.81. The van der Waals surface area contributed by atoms with Gasteiger partial charge in [-0.1, -0.05) is 24.3 Å². The van der Waals surface area contributed by atoms with Crippen molar-refractivity contribution in [2.24, 2.45) is 0 Å². The van der Waals surface area contributed by atoms with Crippen molar-refractivity contribution in [3.8, 4) is 23.0 Å². The van der Waals surface area contributed by atoms with Crippen molar-refractivity contribution in [3.63, 3.8) is 0 Å². The Hall–Kier alpha value is -4.54. The highest BCUT2D eigenvalue weighted by molar-refractivity contribution is 5.92. The van der Waals surface area contributed by atoms with Crippen LogP contribution in [0.3, 0.4) is 0 Å². The van der Waals surface area contributed by atoms with Crippen molar-refractivity contribution in [3.05, 3.63) is 83.8 Å². The molecule has 1 amide bonds. The minimum Gasteiger partial charge on any atom is -0.438 e. The van der Waals surface area contributed by atoms with Gasteiger partial charge in [-0.3, -0.25) is 4.79 Å².